The first-order valence-electron chi connectivity index (χ1n) is 6.29. The largest absolute Gasteiger partial charge is 0.462 e. The molecule has 1 amide bonds. The molecule has 0 bridgehead atoms. The van der Waals surface area contributed by atoms with E-state index in [0.29, 0.717) is 11.3 Å². The fourth-order valence-corrected chi connectivity index (χ4v) is 2.44. The van der Waals surface area contributed by atoms with Crippen molar-refractivity contribution in [2.45, 2.75) is 13.1 Å². The summed E-state index contributed by atoms with van der Waals surface area (Å²) in [4.78, 5) is 29.8. The monoisotopic (exact) mass is 345 g/mol. The number of amides is 1. The molecule has 0 spiro atoms. The van der Waals surface area contributed by atoms with Gasteiger partial charge in [0, 0.05) is 12.4 Å². The molecule has 122 valence electrons. The minimum absolute atomic E-state index is 0.0780. The maximum atomic E-state index is 12.9. The van der Waals surface area contributed by atoms with Gasteiger partial charge in [-0.15, -0.1) is 0 Å². The summed E-state index contributed by atoms with van der Waals surface area (Å²) < 4.78 is 43.4. The molecule has 0 fully saturated rings. The summed E-state index contributed by atoms with van der Waals surface area (Å²) in [6.45, 7) is 1.39. The van der Waals surface area contributed by atoms with Crippen molar-refractivity contribution in [3.63, 3.8) is 0 Å². The molecule has 0 atom stereocenters. The van der Waals surface area contributed by atoms with Crippen LogP contribution in [-0.2, 0) is 10.9 Å². The van der Waals surface area contributed by atoms with Crippen LogP contribution in [0.3, 0.4) is 0 Å². The number of ether oxygens (including phenoxy) is 1. The van der Waals surface area contributed by atoms with Gasteiger partial charge in [0.25, 0.3) is 5.91 Å². The predicted molar refractivity (Wildman–Crippen MR) is 75.3 cm³/mol. The molecular weight excluding hydrogens is 335 g/mol. The van der Waals surface area contributed by atoms with E-state index < -0.39 is 28.6 Å². The van der Waals surface area contributed by atoms with Gasteiger partial charge >= 0.3 is 12.1 Å². The van der Waals surface area contributed by atoms with Crippen molar-refractivity contribution < 1.29 is 27.5 Å². The van der Waals surface area contributed by atoms with E-state index in [0.717, 1.165) is 0 Å². The van der Waals surface area contributed by atoms with Gasteiger partial charge in [0.2, 0.25) is 0 Å². The van der Waals surface area contributed by atoms with Gasteiger partial charge in [0.15, 0.2) is 10.8 Å². The summed E-state index contributed by atoms with van der Waals surface area (Å²) in [5.41, 5.74) is -1.24. The highest BCUT2D eigenvalue weighted by atomic mass is 32.1. The van der Waals surface area contributed by atoms with Gasteiger partial charge < -0.3 is 4.74 Å². The van der Waals surface area contributed by atoms with Crippen LogP contribution in [0, 0.1) is 0 Å². The molecule has 0 radical (unpaired) electrons. The van der Waals surface area contributed by atoms with Crippen molar-refractivity contribution in [2.24, 2.45) is 0 Å². The molecule has 2 aromatic heterocycles. The SMILES string of the molecule is CCOC(=O)c1sc(NC(=O)c2cccnc2)nc1C(F)(F)F. The summed E-state index contributed by atoms with van der Waals surface area (Å²) in [6.07, 6.45) is -2.14. The maximum Gasteiger partial charge on any atom is 0.435 e. The van der Waals surface area contributed by atoms with Crippen LogP contribution < -0.4 is 5.32 Å². The van der Waals surface area contributed by atoms with Gasteiger partial charge in [-0.3, -0.25) is 15.1 Å². The van der Waals surface area contributed by atoms with E-state index in [1.807, 2.05) is 0 Å². The van der Waals surface area contributed by atoms with Crippen LogP contribution in [0.15, 0.2) is 24.5 Å². The van der Waals surface area contributed by atoms with Gasteiger partial charge in [-0.25, -0.2) is 9.78 Å². The van der Waals surface area contributed by atoms with Crippen molar-refractivity contribution >= 4 is 28.3 Å². The lowest BCUT2D eigenvalue weighted by Gasteiger charge is -2.04. The Hall–Kier alpha value is -2.49. The smallest absolute Gasteiger partial charge is 0.435 e. The van der Waals surface area contributed by atoms with E-state index in [1.165, 1.54) is 31.5 Å². The number of hydrogen-bond donors (Lipinski definition) is 1. The van der Waals surface area contributed by atoms with Crippen LogP contribution in [-0.4, -0.2) is 28.5 Å². The number of thiazole rings is 1. The van der Waals surface area contributed by atoms with E-state index in [9.17, 15) is 22.8 Å². The lowest BCUT2D eigenvalue weighted by atomic mass is 10.3. The van der Waals surface area contributed by atoms with Gasteiger partial charge in [-0.2, -0.15) is 13.2 Å². The van der Waals surface area contributed by atoms with Crippen LogP contribution in [0.1, 0.15) is 32.6 Å². The normalized spacial score (nSPS) is 11.1. The zero-order chi connectivity index (χ0) is 17.0. The summed E-state index contributed by atoms with van der Waals surface area (Å²) in [5.74, 6) is -1.82. The first-order valence-corrected chi connectivity index (χ1v) is 7.11. The van der Waals surface area contributed by atoms with E-state index in [4.69, 9.17) is 0 Å². The topological polar surface area (TPSA) is 81.2 Å². The number of esters is 1. The zero-order valence-electron chi connectivity index (χ0n) is 11.7. The Morgan fingerprint density at radius 1 is 1.39 bits per heavy atom. The number of nitrogens with one attached hydrogen (secondary N) is 1. The van der Waals surface area contributed by atoms with Crippen molar-refractivity contribution in [2.75, 3.05) is 11.9 Å². The van der Waals surface area contributed by atoms with Crippen molar-refractivity contribution in [3.8, 4) is 0 Å². The average Bonchev–Trinajstić information content (AvgIpc) is 2.92. The van der Waals surface area contributed by atoms with Gasteiger partial charge in [0.1, 0.15) is 4.88 Å². The Bertz CT molecular complexity index is 716. The van der Waals surface area contributed by atoms with E-state index >= 15 is 0 Å². The lowest BCUT2D eigenvalue weighted by molar-refractivity contribution is -0.141. The molecule has 6 nitrogen and oxygen atoms in total. The Balaban J connectivity index is 2.30. The quantitative estimate of drug-likeness (QED) is 0.862. The fourth-order valence-electron chi connectivity index (χ4n) is 1.57. The number of halogens is 3. The molecule has 0 unspecified atom stereocenters. The third-order valence-electron chi connectivity index (χ3n) is 2.50. The summed E-state index contributed by atoms with van der Waals surface area (Å²) >= 11 is 0.399. The molecule has 2 heterocycles. The molecule has 10 heteroatoms. The molecule has 23 heavy (non-hydrogen) atoms. The molecule has 1 N–H and O–H groups in total. The summed E-state index contributed by atoms with van der Waals surface area (Å²) in [6, 6.07) is 2.94. The standard InChI is InChI=1S/C13H10F3N3O3S/c1-2-22-11(21)8-9(13(14,15)16)18-12(23-8)19-10(20)7-4-3-5-17-6-7/h3-6H,2H2,1H3,(H,18,19,20). The molecule has 0 aliphatic rings. The third kappa shape index (κ3) is 4.03. The van der Waals surface area contributed by atoms with E-state index in [2.05, 4.69) is 20.0 Å². The Morgan fingerprint density at radius 2 is 2.13 bits per heavy atom. The van der Waals surface area contributed by atoms with Gasteiger partial charge in [0.05, 0.1) is 12.2 Å². The lowest BCUT2D eigenvalue weighted by Crippen LogP contribution is -2.14. The van der Waals surface area contributed by atoms with Crippen LogP contribution >= 0.6 is 11.3 Å². The summed E-state index contributed by atoms with van der Waals surface area (Å²) in [7, 11) is 0. The molecular formula is C13H10F3N3O3S. The third-order valence-corrected chi connectivity index (χ3v) is 3.45. The van der Waals surface area contributed by atoms with Crippen LogP contribution in [0.25, 0.3) is 0 Å². The Kier molecular flexibility index (Phi) is 4.94. The number of aromatic nitrogens is 2. The van der Waals surface area contributed by atoms with E-state index in [1.54, 1.807) is 0 Å². The van der Waals surface area contributed by atoms with Crippen LogP contribution in [0.5, 0.6) is 0 Å². The molecule has 0 aliphatic carbocycles. The minimum Gasteiger partial charge on any atom is -0.462 e. The van der Waals surface area contributed by atoms with E-state index in [-0.39, 0.29) is 17.3 Å². The second-order valence-corrected chi connectivity index (χ2v) is 5.11. The molecule has 0 saturated heterocycles. The fraction of sp³-hybridized carbons (Fsp3) is 0.231. The number of rotatable bonds is 4. The first-order chi connectivity index (χ1) is 10.8. The second kappa shape index (κ2) is 6.73. The second-order valence-electron chi connectivity index (χ2n) is 4.11. The Morgan fingerprint density at radius 3 is 2.70 bits per heavy atom. The maximum absolute atomic E-state index is 12.9. The first kappa shape index (κ1) is 16.9. The molecule has 0 saturated carbocycles. The molecule has 0 aromatic carbocycles. The number of alkyl halides is 3. The number of nitrogens with zero attached hydrogens (tertiary/aromatic N) is 2. The number of anilines is 1. The van der Waals surface area contributed by atoms with Gasteiger partial charge in [-0.1, -0.05) is 11.3 Å². The van der Waals surface area contributed by atoms with Crippen molar-refractivity contribution in [3.05, 3.63) is 40.7 Å². The van der Waals surface area contributed by atoms with Crippen LogP contribution in [0.4, 0.5) is 18.3 Å². The number of carbonyl (C=O) groups excluding carboxylic acids is 2. The molecule has 2 rings (SSSR count). The molecule has 0 aliphatic heterocycles. The zero-order valence-corrected chi connectivity index (χ0v) is 12.5. The minimum atomic E-state index is -4.84. The molecule has 2 aromatic rings. The summed E-state index contributed by atoms with van der Waals surface area (Å²) in [5, 5.41) is 1.86. The number of carbonyl (C=O) groups is 2. The van der Waals surface area contributed by atoms with Crippen molar-refractivity contribution in [1.82, 2.24) is 9.97 Å². The number of hydrogen-bond acceptors (Lipinski definition) is 6. The Labute approximate surface area is 132 Å². The highest BCUT2D eigenvalue weighted by molar-refractivity contribution is 7.17. The predicted octanol–water partition coefficient (Wildman–Crippen LogP) is 2.99. The highest BCUT2D eigenvalue weighted by Crippen LogP contribution is 2.36. The van der Waals surface area contributed by atoms with Crippen molar-refractivity contribution in [1.29, 1.82) is 0 Å². The highest BCUT2D eigenvalue weighted by Gasteiger charge is 2.40. The van der Waals surface area contributed by atoms with Crippen LogP contribution in [0.2, 0.25) is 0 Å². The van der Waals surface area contributed by atoms with Gasteiger partial charge in [-0.05, 0) is 19.1 Å². The number of pyridine rings is 1. The average molecular weight is 345 g/mol.